The molecule has 0 spiro atoms. The Bertz CT molecular complexity index is 673. The monoisotopic (exact) mass is 334 g/mol. The third-order valence-electron chi connectivity index (χ3n) is 6.07. The number of ketones is 1. The number of aliphatic hydroxyl groups is 1. The van der Waals surface area contributed by atoms with Gasteiger partial charge in [-0.1, -0.05) is 27.7 Å². The van der Waals surface area contributed by atoms with E-state index in [1.807, 2.05) is 13.8 Å². The molecule has 5 heteroatoms. The Morgan fingerprint density at radius 1 is 1.42 bits per heavy atom. The quantitative estimate of drug-likeness (QED) is 0.838. The molecule has 1 fully saturated rings. The minimum atomic E-state index is -0.738. The number of carbonyl (C=O) groups excluding carboxylic acids is 2. The van der Waals surface area contributed by atoms with Gasteiger partial charge < -0.3 is 14.3 Å². The zero-order chi connectivity index (χ0) is 17.8. The maximum absolute atomic E-state index is 13.0. The van der Waals surface area contributed by atoms with Crippen molar-refractivity contribution in [3.63, 3.8) is 0 Å². The molecule has 1 heterocycles. The van der Waals surface area contributed by atoms with Crippen molar-refractivity contribution in [1.29, 1.82) is 0 Å². The summed E-state index contributed by atoms with van der Waals surface area (Å²) >= 11 is 0. The summed E-state index contributed by atoms with van der Waals surface area (Å²) in [6, 6.07) is 0. The second kappa shape index (κ2) is 5.73. The van der Waals surface area contributed by atoms with Crippen molar-refractivity contribution >= 4 is 11.8 Å². The fourth-order valence-corrected chi connectivity index (χ4v) is 4.36. The molecule has 0 aliphatic heterocycles. The third kappa shape index (κ3) is 2.25. The van der Waals surface area contributed by atoms with Gasteiger partial charge in [0.2, 0.25) is 5.78 Å². The lowest BCUT2D eigenvalue weighted by atomic mass is 9.53. The minimum Gasteiger partial charge on any atom is -0.460 e. The average Bonchev–Trinajstić information content (AvgIpc) is 2.89. The Morgan fingerprint density at radius 3 is 2.71 bits per heavy atom. The van der Waals surface area contributed by atoms with Crippen LogP contribution in [-0.4, -0.2) is 23.0 Å². The highest BCUT2D eigenvalue weighted by Gasteiger charge is 2.61. The summed E-state index contributed by atoms with van der Waals surface area (Å²) in [5.41, 5.74) is 0.849. The molecule has 1 aromatic heterocycles. The van der Waals surface area contributed by atoms with Gasteiger partial charge in [-0.05, 0) is 31.2 Å². The van der Waals surface area contributed by atoms with Crippen LogP contribution in [0, 0.1) is 30.1 Å². The lowest BCUT2D eigenvalue weighted by Crippen LogP contribution is -2.55. The van der Waals surface area contributed by atoms with Gasteiger partial charge in [0.15, 0.2) is 5.76 Å². The van der Waals surface area contributed by atoms with Crippen LogP contribution < -0.4 is 0 Å². The minimum absolute atomic E-state index is 0.141. The molecule has 1 aromatic rings. The zero-order valence-corrected chi connectivity index (χ0v) is 15.0. The van der Waals surface area contributed by atoms with E-state index in [0.717, 1.165) is 12.0 Å². The number of fused-ring (bicyclic) bond motifs is 2. The second-order valence-electron chi connectivity index (χ2n) is 7.89. The third-order valence-corrected chi connectivity index (χ3v) is 6.07. The lowest BCUT2D eigenvalue weighted by molar-refractivity contribution is -0.176. The average molecular weight is 334 g/mol. The smallest absolute Gasteiger partial charge is 0.309 e. The number of Topliss-reactive ketones (excluding diaryl/α,β-unsaturated/α-hetero) is 1. The Morgan fingerprint density at radius 2 is 2.08 bits per heavy atom. The summed E-state index contributed by atoms with van der Waals surface area (Å²) in [6.45, 7) is 9.48. The summed E-state index contributed by atoms with van der Waals surface area (Å²) in [5, 5.41) is 10.5. The molecule has 5 nitrogen and oxygen atoms in total. The SMILES string of the molecule is Cc1coc2c1[C@H](OC(=O)C(C)C)[C@@]1(C)[C@H](C)CC[C@H](O)[C@@H]1C2=O. The number of aliphatic hydroxyl groups excluding tert-OH is 1. The molecule has 3 rings (SSSR count). The normalized spacial score (nSPS) is 35.5. The van der Waals surface area contributed by atoms with E-state index in [0.29, 0.717) is 12.0 Å². The number of hydrogen-bond acceptors (Lipinski definition) is 5. The topological polar surface area (TPSA) is 76.7 Å². The van der Waals surface area contributed by atoms with Gasteiger partial charge in [0, 0.05) is 11.0 Å². The molecular formula is C19H26O5. The van der Waals surface area contributed by atoms with Gasteiger partial charge >= 0.3 is 5.97 Å². The summed E-state index contributed by atoms with van der Waals surface area (Å²) in [7, 11) is 0. The Kier molecular flexibility index (Phi) is 4.11. The van der Waals surface area contributed by atoms with Gasteiger partial charge in [0.25, 0.3) is 0 Å². The number of carbonyl (C=O) groups is 2. The van der Waals surface area contributed by atoms with Crippen LogP contribution in [0.15, 0.2) is 10.7 Å². The van der Waals surface area contributed by atoms with Crippen LogP contribution in [-0.2, 0) is 9.53 Å². The fourth-order valence-electron chi connectivity index (χ4n) is 4.36. The van der Waals surface area contributed by atoms with Crippen molar-refractivity contribution < 1.29 is 23.8 Å². The van der Waals surface area contributed by atoms with Crippen molar-refractivity contribution in [2.45, 2.75) is 59.7 Å². The molecule has 0 amide bonds. The molecule has 2 aliphatic carbocycles. The van der Waals surface area contributed by atoms with Crippen LogP contribution in [0.1, 0.15) is 68.3 Å². The standard InChI is InChI=1S/C19H26O5/c1-9(2)18(22)24-17-13-10(3)8-23-16(13)15(21)14-12(20)7-6-11(4)19(14,17)5/h8-9,11-12,14,17,20H,6-7H2,1-5H3/t11-,12+,14-,17+,19+/m1/s1. The summed E-state index contributed by atoms with van der Waals surface area (Å²) in [4.78, 5) is 25.3. The van der Waals surface area contributed by atoms with Gasteiger partial charge in [0.05, 0.1) is 24.2 Å². The van der Waals surface area contributed by atoms with Gasteiger partial charge in [-0.15, -0.1) is 0 Å². The first-order valence-electron chi connectivity index (χ1n) is 8.70. The number of furan rings is 1. The predicted molar refractivity (Wildman–Crippen MR) is 87.4 cm³/mol. The molecule has 0 bridgehead atoms. The number of ether oxygens (including phenoxy) is 1. The Labute approximate surface area is 142 Å². The molecule has 5 atom stereocenters. The second-order valence-corrected chi connectivity index (χ2v) is 7.89. The highest BCUT2D eigenvalue weighted by molar-refractivity contribution is 5.99. The molecule has 0 radical (unpaired) electrons. The van der Waals surface area contributed by atoms with Crippen molar-refractivity contribution in [3.05, 3.63) is 23.2 Å². The van der Waals surface area contributed by atoms with Crippen LogP contribution in [0.25, 0.3) is 0 Å². The first-order valence-corrected chi connectivity index (χ1v) is 8.70. The van der Waals surface area contributed by atoms with E-state index in [2.05, 4.69) is 6.92 Å². The number of esters is 1. The van der Waals surface area contributed by atoms with Crippen LogP contribution in [0.5, 0.6) is 0 Å². The molecule has 0 unspecified atom stereocenters. The van der Waals surface area contributed by atoms with Gasteiger partial charge in [-0.25, -0.2) is 0 Å². The maximum Gasteiger partial charge on any atom is 0.309 e. The molecule has 2 aliphatic rings. The van der Waals surface area contributed by atoms with Crippen LogP contribution in [0.2, 0.25) is 0 Å². The van der Waals surface area contributed by atoms with E-state index in [1.165, 1.54) is 6.26 Å². The zero-order valence-electron chi connectivity index (χ0n) is 15.0. The molecule has 132 valence electrons. The Hall–Kier alpha value is -1.62. The predicted octanol–water partition coefficient (Wildman–Crippen LogP) is 3.44. The van der Waals surface area contributed by atoms with Crippen LogP contribution in [0.3, 0.4) is 0 Å². The Balaban J connectivity index is 2.18. The molecular weight excluding hydrogens is 308 g/mol. The van der Waals surface area contributed by atoms with Crippen LogP contribution >= 0.6 is 0 Å². The number of rotatable bonds is 2. The molecule has 24 heavy (non-hydrogen) atoms. The van der Waals surface area contributed by atoms with E-state index in [4.69, 9.17) is 9.15 Å². The van der Waals surface area contributed by atoms with Gasteiger partial charge in [-0.3, -0.25) is 9.59 Å². The first kappa shape index (κ1) is 17.2. The van der Waals surface area contributed by atoms with Gasteiger partial charge in [-0.2, -0.15) is 0 Å². The molecule has 1 N–H and O–H groups in total. The van der Waals surface area contributed by atoms with Gasteiger partial charge in [0.1, 0.15) is 6.10 Å². The highest BCUT2D eigenvalue weighted by Crippen LogP contribution is 2.59. The molecule has 1 saturated carbocycles. The molecule has 0 aromatic carbocycles. The number of hydrogen-bond donors (Lipinski definition) is 1. The van der Waals surface area contributed by atoms with Crippen LogP contribution in [0.4, 0.5) is 0 Å². The fraction of sp³-hybridized carbons (Fsp3) is 0.684. The molecule has 0 saturated heterocycles. The van der Waals surface area contributed by atoms with Crippen molar-refractivity contribution in [2.75, 3.05) is 0 Å². The van der Waals surface area contributed by atoms with E-state index in [9.17, 15) is 14.7 Å². The summed E-state index contributed by atoms with van der Waals surface area (Å²) in [6.07, 6.45) is 1.60. The van der Waals surface area contributed by atoms with E-state index in [1.54, 1.807) is 13.8 Å². The number of aryl methyl sites for hydroxylation is 1. The summed E-state index contributed by atoms with van der Waals surface area (Å²) < 4.78 is 11.4. The van der Waals surface area contributed by atoms with Crippen molar-refractivity contribution in [1.82, 2.24) is 0 Å². The van der Waals surface area contributed by atoms with E-state index in [-0.39, 0.29) is 29.3 Å². The van der Waals surface area contributed by atoms with E-state index >= 15 is 0 Å². The summed E-state index contributed by atoms with van der Waals surface area (Å²) in [5.74, 6) is -0.954. The maximum atomic E-state index is 13.0. The lowest BCUT2D eigenvalue weighted by Gasteiger charge is -2.53. The highest BCUT2D eigenvalue weighted by atomic mass is 16.5. The largest absolute Gasteiger partial charge is 0.460 e. The van der Waals surface area contributed by atoms with E-state index < -0.39 is 23.5 Å². The first-order chi connectivity index (χ1) is 11.2. The van der Waals surface area contributed by atoms with Crippen molar-refractivity contribution in [3.8, 4) is 0 Å². The van der Waals surface area contributed by atoms with Crippen molar-refractivity contribution in [2.24, 2.45) is 23.2 Å².